The molecule has 2 saturated heterocycles. The van der Waals surface area contributed by atoms with E-state index < -0.39 is 12.1 Å². The number of rotatable bonds is 0. The molecule has 0 aromatic heterocycles. The van der Waals surface area contributed by atoms with Crippen LogP contribution in [0.1, 0.15) is 32.1 Å². The fourth-order valence-corrected chi connectivity index (χ4v) is 4.01. The van der Waals surface area contributed by atoms with Crippen molar-refractivity contribution in [3.8, 4) is 0 Å². The molecule has 0 spiro atoms. The van der Waals surface area contributed by atoms with Gasteiger partial charge in [-0.3, -0.25) is 4.79 Å². The first-order valence-corrected chi connectivity index (χ1v) is 5.84. The minimum absolute atomic E-state index is 0.134. The maximum absolute atomic E-state index is 12.5. The summed E-state index contributed by atoms with van der Waals surface area (Å²) in [4.78, 5) is 12.5. The van der Waals surface area contributed by atoms with Crippen LogP contribution in [0.3, 0.4) is 0 Å². The zero-order valence-corrected chi connectivity index (χ0v) is 8.83. The molecule has 2 aliphatic carbocycles. The lowest BCUT2D eigenvalue weighted by atomic mass is 9.63. The number of nitrogens with zero attached hydrogens (tertiary/aromatic N) is 1. The summed E-state index contributed by atoms with van der Waals surface area (Å²) in [5.41, 5.74) is 0. The summed E-state index contributed by atoms with van der Waals surface area (Å²) in [7, 11) is 0. The largest absolute Gasteiger partial charge is 0.471 e. The molecular weight excluding hydrogens is 219 g/mol. The Morgan fingerprint density at radius 1 is 0.938 bits per heavy atom. The van der Waals surface area contributed by atoms with Gasteiger partial charge in [-0.2, -0.15) is 13.2 Å². The normalized spacial score (nSPS) is 41.6. The third kappa shape index (κ3) is 1.44. The highest BCUT2D eigenvalue weighted by molar-refractivity contribution is 5.82. The lowest BCUT2D eigenvalue weighted by Crippen LogP contribution is -2.62. The van der Waals surface area contributed by atoms with E-state index in [9.17, 15) is 18.0 Å². The van der Waals surface area contributed by atoms with Crippen molar-refractivity contribution in [1.82, 2.24) is 4.90 Å². The van der Waals surface area contributed by atoms with Gasteiger partial charge in [-0.25, -0.2) is 0 Å². The summed E-state index contributed by atoms with van der Waals surface area (Å²) in [6.07, 6.45) is -0.385. The summed E-state index contributed by atoms with van der Waals surface area (Å²) in [5, 5.41) is 0. The molecule has 4 aliphatic rings. The van der Waals surface area contributed by atoms with Crippen molar-refractivity contribution in [2.24, 2.45) is 11.8 Å². The van der Waals surface area contributed by atoms with Crippen molar-refractivity contribution in [3.05, 3.63) is 0 Å². The molecule has 4 rings (SSSR count). The van der Waals surface area contributed by atoms with E-state index in [0.717, 1.165) is 30.6 Å². The van der Waals surface area contributed by atoms with Gasteiger partial charge in [0.25, 0.3) is 0 Å². The van der Waals surface area contributed by atoms with Crippen LogP contribution in [0.15, 0.2) is 0 Å². The van der Waals surface area contributed by atoms with E-state index >= 15 is 0 Å². The van der Waals surface area contributed by atoms with Crippen molar-refractivity contribution in [2.45, 2.75) is 50.4 Å². The van der Waals surface area contributed by atoms with Crippen molar-refractivity contribution < 1.29 is 18.0 Å². The number of alkyl halides is 3. The molecular formula is C11H14F3NO. The molecule has 4 bridgehead atoms. The van der Waals surface area contributed by atoms with Gasteiger partial charge in [-0.15, -0.1) is 0 Å². The quantitative estimate of drug-likeness (QED) is 0.629. The summed E-state index contributed by atoms with van der Waals surface area (Å²) < 4.78 is 37.4. The maximum atomic E-state index is 12.5. The number of piperidine rings is 2. The number of hydrogen-bond acceptors (Lipinski definition) is 1. The molecule has 2 heterocycles. The number of halogens is 3. The van der Waals surface area contributed by atoms with E-state index in [1.807, 2.05) is 0 Å². The molecule has 0 atom stereocenters. The van der Waals surface area contributed by atoms with Gasteiger partial charge in [-0.1, -0.05) is 0 Å². The zero-order chi connectivity index (χ0) is 11.5. The average Bonchev–Trinajstić information content (AvgIpc) is 2.13. The Balaban J connectivity index is 1.84. The number of amides is 1. The van der Waals surface area contributed by atoms with Gasteiger partial charge in [0.15, 0.2) is 0 Å². The monoisotopic (exact) mass is 233 g/mol. The SMILES string of the molecule is O=C(N1C2CC3CC(C2)CC1C3)C(F)(F)F. The lowest BCUT2D eigenvalue weighted by Gasteiger charge is -2.56. The highest BCUT2D eigenvalue weighted by Gasteiger charge is 2.54. The molecule has 0 unspecified atom stereocenters. The zero-order valence-electron chi connectivity index (χ0n) is 8.83. The van der Waals surface area contributed by atoms with Gasteiger partial charge >= 0.3 is 12.1 Å². The van der Waals surface area contributed by atoms with Crippen molar-refractivity contribution in [3.63, 3.8) is 0 Å². The molecule has 90 valence electrons. The molecule has 0 N–H and O–H groups in total. The Morgan fingerprint density at radius 3 is 1.75 bits per heavy atom. The standard InChI is InChI=1S/C11H14F3NO/c12-11(13,14)10(16)15-8-2-6-1-7(4-8)5-9(15)3-6/h6-9H,1-5H2. The molecule has 0 aromatic carbocycles. The number of carbonyl (C=O) groups excluding carboxylic acids is 1. The van der Waals surface area contributed by atoms with Crippen LogP contribution in [0.4, 0.5) is 13.2 Å². The minimum atomic E-state index is -4.70. The van der Waals surface area contributed by atoms with Gasteiger partial charge in [0.2, 0.25) is 0 Å². The fourth-order valence-electron chi connectivity index (χ4n) is 4.01. The molecule has 4 fully saturated rings. The summed E-state index contributed by atoms with van der Waals surface area (Å²) >= 11 is 0. The predicted octanol–water partition coefficient (Wildman–Crippen LogP) is 2.34. The van der Waals surface area contributed by atoms with E-state index in [2.05, 4.69) is 0 Å². The average molecular weight is 233 g/mol. The second-order valence-corrected chi connectivity index (χ2v) is 5.43. The third-order valence-electron chi connectivity index (χ3n) is 4.35. The highest BCUT2D eigenvalue weighted by atomic mass is 19.4. The van der Waals surface area contributed by atoms with E-state index in [1.54, 1.807) is 0 Å². The second-order valence-electron chi connectivity index (χ2n) is 5.43. The fraction of sp³-hybridized carbons (Fsp3) is 0.909. The molecule has 1 amide bonds. The van der Waals surface area contributed by atoms with Crippen molar-refractivity contribution in [1.29, 1.82) is 0 Å². The number of hydrogen-bond donors (Lipinski definition) is 0. The van der Waals surface area contributed by atoms with Gasteiger partial charge in [0, 0.05) is 12.1 Å². The van der Waals surface area contributed by atoms with Crippen LogP contribution in [0, 0.1) is 11.8 Å². The van der Waals surface area contributed by atoms with E-state index in [-0.39, 0.29) is 12.1 Å². The second kappa shape index (κ2) is 3.14. The van der Waals surface area contributed by atoms with Crippen molar-refractivity contribution >= 4 is 5.91 Å². The van der Waals surface area contributed by atoms with Crippen LogP contribution < -0.4 is 0 Å². The molecule has 2 nitrogen and oxygen atoms in total. The molecule has 2 aliphatic heterocycles. The number of carbonyl (C=O) groups is 1. The van der Waals surface area contributed by atoms with E-state index in [0.29, 0.717) is 11.8 Å². The lowest BCUT2D eigenvalue weighted by molar-refractivity contribution is -0.200. The first-order valence-electron chi connectivity index (χ1n) is 5.84. The Bertz CT molecular complexity index is 298. The molecule has 16 heavy (non-hydrogen) atoms. The van der Waals surface area contributed by atoms with Crippen LogP contribution in [0.2, 0.25) is 0 Å². The summed E-state index contributed by atoms with van der Waals surface area (Å²) in [6, 6.07) is -0.268. The third-order valence-corrected chi connectivity index (χ3v) is 4.35. The first kappa shape index (κ1) is 10.4. The smallest absolute Gasteiger partial charge is 0.329 e. The molecule has 5 heteroatoms. The van der Waals surface area contributed by atoms with Gasteiger partial charge in [0.05, 0.1) is 0 Å². The van der Waals surface area contributed by atoms with Crippen LogP contribution in [0.5, 0.6) is 0 Å². The topological polar surface area (TPSA) is 20.3 Å². The van der Waals surface area contributed by atoms with Crippen LogP contribution in [0.25, 0.3) is 0 Å². The minimum Gasteiger partial charge on any atom is -0.329 e. The Morgan fingerprint density at radius 2 is 1.38 bits per heavy atom. The summed E-state index contributed by atoms with van der Waals surface area (Å²) in [5.74, 6) is -0.471. The molecule has 0 radical (unpaired) electrons. The Kier molecular flexibility index (Phi) is 2.04. The van der Waals surface area contributed by atoms with Crippen LogP contribution >= 0.6 is 0 Å². The predicted molar refractivity (Wildman–Crippen MR) is 50.5 cm³/mol. The molecule has 0 aromatic rings. The van der Waals surface area contributed by atoms with Gasteiger partial charge in [0.1, 0.15) is 0 Å². The van der Waals surface area contributed by atoms with Gasteiger partial charge in [-0.05, 0) is 43.9 Å². The first-order chi connectivity index (χ1) is 7.45. The van der Waals surface area contributed by atoms with Gasteiger partial charge < -0.3 is 4.90 Å². The van der Waals surface area contributed by atoms with Crippen LogP contribution in [-0.4, -0.2) is 29.1 Å². The molecule has 2 saturated carbocycles. The van der Waals surface area contributed by atoms with Crippen molar-refractivity contribution in [2.75, 3.05) is 0 Å². The van der Waals surface area contributed by atoms with E-state index in [1.165, 1.54) is 6.42 Å². The Hall–Kier alpha value is -0.740. The van der Waals surface area contributed by atoms with Crippen LogP contribution in [-0.2, 0) is 4.79 Å². The Labute approximate surface area is 91.8 Å². The van der Waals surface area contributed by atoms with E-state index in [4.69, 9.17) is 0 Å². The summed E-state index contributed by atoms with van der Waals surface area (Å²) in [6.45, 7) is 0. The maximum Gasteiger partial charge on any atom is 0.471 e. The highest BCUT2D eigenvalue weighted by Crippen LogP contribution is 2.49.